The Labute approximate surface area is 210 Å². The number of nitrogens with zero attached hydrogens (tertiary/aromatic N) is 1. The number of ketones is 1. The number of halogens is 1. The van der Waals surface area contributed by atoms with Crippen molar-refractivity contribution in [2.24, 2.45) is 0 Å². The van der Waals surface area contributed by atoms with Gasteiger partial charge in [0.2, 0.25) is 5.78 Å². The zero-order valence-electron chi connectivity index (χ0n) is 19.1. The number of furan rings is 1. The number of amides is 1. The molecule has 5 aromatic rings. The van der Waals surface area contributed by atoms with Gasteiger partial charge < -0.3 is 19.0 Å². The van der Waals surface area contributed by atoms with Crippen molar-refractivity contribution in [2.75, 3.05) is 5.32 Å². The van der Waals surface area contributed by atoms with Gasteiger partial charge in [-0.15, -0.1) is 0 Å². The molecule has 0 saturated carbocycles. The van der Waals surface area contributed by atoms with E-state index < -0.39 is 5.91 Å². The molecule has 1 aliphatic rings. The number of fused-ring (bicyclic) bond motifs is 2. The van der Waals surface area contributed by atoms with E-state index in [4.69, 9.17) is 25.3 Å². The van der Waals surface area contributed by atoms with Gasteiger partial charge in [0.05, 0.1) is 5.69 Å². The molecule has 8 heteroatoms. The lowest BCUT2D eigenvalue weighted by molar-refractivity contribution is 0.101. The first-order chi connectivity index (χ1) is 17.5. The van der Waals surface area contributed by atoms with Gasteiger partial charge in [-0.05, 0) is 67.1 Å². The molecule has 1 atom stereocenters. The largest absolute Gasteiger partial charge is 0.490 e. The molecule has 0 fully saturated rings. The van der Waals surface area contributed by atoms with Crippen molar-refractivity contribution in [2.45, 2.75) is 19.4 Å². The predicted octanol–water partition coefficient (Wildman–Crippen LogP) is 6.55. The number of para-hydroxylation sites is 1. The lowest BCUT2D eigenvalue weighted by atomic mass is 10.1. The van der Waals surface area contributed by atoms with Crippen molar-refractivity contribution in [3.05, 3.63) is 100 Å². The van der Waals surface area contributed by atoms with E-state index in [0.717, 1.165) is 23.3 Å². The van der Waals surface area contributed by atoms with Crippen LogP contribution in [0.2, 0.25) is 5.02 Å². The molecule has 178 valence electrons. The summed E-state index contributed by atoms with van der Waals surface area (Å²) in [5.41, 5.74) is 3.07. The smallest absolute Gasteiger partial charge is 0.277 e. The SMILES string of the molecule is C[C@@H]1Cc2cc(-c3cc(C(=O)Nc4c(C(=O)c5ccc(Cl)cc5)oc5ccccc45)no3)ccc2O1. The van der Waals surface area contributed by atoms with E-state index in [1.165, 1.54) is 0 Å². The second-order valence-electron chi connectivity index (χ2n) is 8.62. The van der Waals surface area contributed by atoms with E-state index in [-0.39, 0.29) is 29.0 Å². The number of ether oxygens (including phenoxy) is 1. The van der Waals surface area contributed by atoms with Crippen LogP contribution in [0.15, 0.2) is 81.7 Å². The molecule has 3 aromatic carbocycles. The summed E-state index contributed by atoms with van der Waals surface area (Å²) in [5.74, 6) is 0.419. The third kappa shape index (κ3) is 3.93. The molecular formula is C28H19ClN2O5. The topological polar surface area (TPSA) is 94.6 Å². The number of nitrogens with one attached hydrogen (secondary N) is 1. The Kier molecular flexibility index (Phi) is 5.34. The quantitative estimate of drug-likeness (QED) is 0.276. The zero-order valence-corrected chi connectivity index (χ0v) is 19.8. The van der Waals surface area contributed by atoms with Crippen LogP contribution in [0.3, 0.4) is 0 Å². The van der Waals surface area contributed by atoms with Gasteiger partial charge in [-0.25, -0.2) is 0 Å². The lowest BCUT2D eigenvalue weighted by Gasteiger charge is -2.04. The van der Waals surface area contributed by atoms with E-state index in [1.807, 2.05) is 25.1 Å². The standard InChI is InChI=1S/C28H19ClN2O5/c1-15-12-18-13-17(8-11-22(18)34-15)24-14-21(31-36-24)28(33)30-25-20-4-2-3-5-23(20)35-27(25)26(32)16-6-9-19(29)10-7-16/h2-11,13-15H,12H2,1H3,(H,30,33)/t15-/m1/s1. The molecule has 1 N–H and O–H groups in total. The van der Waals surface area contributed by atoms with Crippen molar-refractivity contribution < 1.29 is 23.3 Å². The van der Waals surface area contributed by atoms with Crippen molar-refractivity contribution >= 4 is 39.9 Å². The second kappa shape index (κ2) is 8.70. The van der Waals surface area contributed by atoms with Crippen molar-refractivity contribution in [1.29, 1.82) is 0 Å². The van der Waals surface area contributed by atoms with Crippen LogP contribution in [0, 0.1) is 0 Å². The molecule has 1 amide bonds. The monoisotopic (exact) mass is 498 g/mol. The number of aromatic nitrogens is 1. The molecule has 0 unspecified atom stereocenters. The molecule has 1 aliphatic heterocycles. The average Bonchev–Trinajstić information content (AvgIpc) is 3.60. The average molecular weight is 499 g/mol. The molecule has 0 spiro atoms. The number of carbonyl (C=O) groups is 2. The summed E-state index contributed by atoms with van der Waals surface area (Å²) in [5, 5.41) is 7.87. The van der Waals surface area contributed by atoms with Crippen molar-refractivity contribution in [1.82, 2.24) is 5.16 Å². The van der Waals surface area contributed by atoms with Gasteiger partial charge in [0.1, 0.15) is 17.4 Å². The maximum absolute atomic E-state index is 13.2. The Hall–Kier alpha value is -4.36. The fourth-order valence-corrected chi connectivity index (χ4v) is 4.46. The Morgan fingerprint density at radius 1 is 1.03 bits per heavy atom. The molecule has 0 aliphatic carbocycles. The van der Waals surface area contributed by atoms with Crippen LogP contribution in [0.25, 0.3) is 22.3 Å². The fraction of sp³-hybridized carbons (Fsp3) is 0.107. The maximum Gasteiger partial charge on any atom is 0.277 e. The first-order valence-corrected chi connectivity index (χ1v) is 11.7. The van der Waals surface area contributed by atoms with Crippen LogP contribution in [0.1, 0.15) is 39.1 Å². The summed E-state index contributed by atoms with van der Waals surface area (Å²) < 4.78 is 17.1. The first-order valence-electron chi connectivity index (χ1n) is 11.4. The highest BCUT2D eigenvalue weighted by atomic mass is 35.5. The maximum atomic E-state index is 13.2. The molecule has 0 bridgehead atoms. The highest BCUT2D eigenvalue weighted by molar-refractivity contribution is 6.30. The lowest BCUT2D eigenvalue weighted by Crippen LogP contribution is -2.14. The van der Waals surface area contributed by atoms with Crippen LogP contribution in [0.5, 0.6) is 5.75 Å². The van der Waals surface area contributed by atoms with Gasteiger partial charge in [-0.1, -0.05) is 28.9 Å². The highest BCUT2D eigenvalue weighted by Gasteiger charge is 2.25. The Balaban J connectivity index is 1.31. The van der Waals surface area contributed by atoms with Gasteiger partial charge in [-0.3, -0.25) is 9.59 Å². The number of rotatable bonds is 5. The number of hydrogen-bond acceptors (Lipinski definition) is 6. The summed E-state index contributed by atoms with van der Waals surface area (Å²) >= 11 is 5.96. The van der Waals surface area contributed by atoms with Crippen molar-refractivity contribution in [3.8, 4) is 17.1 Å². The number of hydrogen-bond donors (Lipinski definition) is 1. The predicted molar refractivity (Wildman–Crippen MR) is 135 cm³/mol. The van der Waals surface area contributed by atoms with Gasteiger partial charge >= 0.3 is 0 Å². The molecule has 6 rings (SSSR count). The summed E-state index contributed by atoms with van der Waals surface area (Å²) in [7, 11) is 0. The minimum Gasteiger partial charge on any atom is -0.490 e. The van der Waals surface area contributed by atoms with Crippen LogP contribution >= 0.6 is 11.6 Å². The van der Waals surface area contributed by atoms with E-state index in [1.54, 1.807) is 54.6 Å². The van der Waals surface area contributed by atoms with E-state index >= 15 is 0 Å². The summed E-state index contributed by atoms with van der Waals surface area (Å²) in [6.07, 6.45) is 0.934. The van der Waals surface area contributed by atoms with Gasteiger partial charge in [0, 0.05) is 34.0 Å². The molecule has 0 saturated heterocycles. The van der Waals surface area contributed by atoms with Crippen LogP contribution in [0.4, 0.5) is 5.69 Å². The minimum absolute atomic E-state index is 0.0170. The van der Waals surface area contributed by atoms with Gasteiger partial charge in [0.15, 0.2) is 17.2 Å². The van der Waals surface area contributed by atoms with E-state index in [9.17, 15) is 9.59 Å². The first kappa shape index (κ1) is 22.1. The minimum atomic E-state index is -0.528. The second-order valence-corrected chi connectivity index (χ2v) is 9.06. The third-order valence-electron chi connectivity index (χ3n) is 6.07. The third-order valence-corrected chi connectivity index (χ3v) is 6.32. The number of anilines is 1. The van der Waals surface area contributed by atoms with Gasteiger partial charge in [-0.2, -0.15) is 0 Å². The Morgan fingerprint density at radius 3 is 2.67 bits per heavy atom. The summed E-state index contributed by atoms with van der Waals surface area (Å²) in [4.78, 5) is 26.4. The molecule has 36 heavy (non-hydrogen) atoms. The molecule has 2 aromatic heterocycles. The van der Waals surface area contributed by atoms with Crippen LogP contribution in [-0.4, -0.2) is 23.0 Å². The summed E-state index contributed by atoms with van der Waals surface area (Å²) in [6, 6.07) is 20.9. The molecule has 7 nitrogen and oxygen atoms in total. The normalized spacial score (nSPS) is 14.4. The van der Waals surface area contributed by atoms with Gasteiger partial charge in [0.25, 0.3) is 5.91 Å². The zero-order chi connectivity index (χ0) is 24.8. The number of benzene rings is 3. The van der Waals surface area contributed by atoms with E-state index in [2.05, 4.69) is 10.5 Å². The Bertz CT molecular complexity index is 1630. The Morgan fingerprint density at radius 2 is 1.83 bits per heavy atom. The highest BCUT2D eigenvalue weighted by Crippen LogP contribution is 2.35. The van der Waals surface area contributed by atoms with Crippen LogP contribution < -0.4 is 10.1 Å². The van der Waals surface area contributed by atoms with Crippen LogP contribution in [-0.2, 0) is 6.42 Å². The fourth-order valence-electron chi connectivity index (χ4n) is 4.33. The molecule has 3 heterocycles. The molecule has 0 radical (unpaired) electrons. The van der Waals surface area contributed by atoms with E-state index in [0.29, 0.717) is 27.3 Å². The summed E-state index contributed by atoms with van der Waals surface area (Å²) in [6.45, 7) is 2.02. The van der Waals surface area contributed by atoms with Crippen molar-refractivity contribution in [3.63, 3.8) is 0 Å². The molecular weight excluding hydrogens is 480 g/mol. The number of carbonyl (C=O) groups excluding carboxylic acids is 2.